The summed E-state index contributed by atoms with van der Waals surface area (Å²) in [6.45, 7) is 3.78. The molecule has 1 heteroatoms. The quantitative estimate of drug-likeness (QED) is 0.493. The first-order chi connectivity index (χ1) is 5.88. The third-order valence-corrected chi connectivity index (χ3v) is 2.37. The summed E-state index contributed by atoms with van der Waals surface area (Å²) in [4.78, 5) is 0. The normalized spacial score (nSPS) is 21.9. The molecule has 1 saturated heterocycles. The first kappa shape index (κ1) is 7.64. The number of hydrogen-bond acceptors (Lipinski definition) is 1. The second-order valence-corrected chi connectivity index (χ2v) is 3.23. The Morgan fingerprint density at radius 1 is 1.50 bits per heavy atom. The van der Waals surface area contributed by atoms with Crippen molar-refractivity contribution in [1.29, 1.82) is 0 Å². The minimum Gasteiger partial charge on any atom is -0.376 e. The smallest absolute Gasteiger partial charge is 0.0719 e. The molecule has 0 spiro atoms. The van der Waals surface area contributed by atoms with E-state index < -0.39 is 0 Å². The third kappa shape index (κ3) is 1.31. The van der Waals surface area contributed by atoms with Crippen LogP contribution in [-0.4, -0.2) is 13.2 Å². The molecule has 12 heavy (non-hydrogen) atoms. The van der Waals surface area contributed by atoms with Crippen molar-refractivity contribution in [2.24, 2.45) is 0 Å². The molecule has 1 heterocycles. The molecule has 2 rings (SSSR count). The molecule has 0 radical (unpaired) electrons. The van der Waals surface area contributed by atoms with Gasteiger partial charge in [0, 0.05) is 6.42 Å². The molecular weight excluding hydrogens is 148 g/mol. The average Bonchev–Trinajstić information content (AvgIpc) is 2.29. The molecule has 1 aliphatic carbocycles. The molecule has 0 unspecified atom stereocenters. The Kier molecular flexibility index (Phi) is 2.01. The standard InChI is InChI=1S/C11H12O/c1-9-4-2-3-5-10-6-7-12-8-11(9)10/h5H,4,6-8H2,1H3. The van der Waals surface area contributed by atoms with Gasteiger partial charge in [-0.2, -0.15) is 0 Å². The molecule has 0 bridgehead atoms. The SMILES string of the molecule is CC1=C2COCCC2=CC#CC1. The molecule has 1 nitrogen and oxygen atoms in total. The molecule has 0 N–H and O–H groups in total. The van der Waals surface area contributed by atoms with Crippen LogP contribution < -0.4 is 0 Å². The molecule has 62 valence electrons. The summed E-state index contributed by atoms with van der Waals surface area (Å²) in [5.74, 6) is 6.18. The monoisotopic (exact) mass is 160 g/mol. The van der Waals surface area contributed by atoms with Gasteiger partial charge in [0.2, 0.25) is 0 Å². The largest absolute Gasteiger partial charge is 0.376 e. The van der Waals surface area contributed by atoms with Crippen molar-refractivity contribution in [2.45, 2.75) is 19.8 Å². The maximum absolute atomic E-state index is 5.41. The van der Waals surface area contributed by atoms with E-state index in [0.717, 1.165) is 26.1 Å². The maximum atomic E-state index is 5.41. The number of fused-ring (bicyclic) bond motifs is 1. The molecule has 0 saturated carbocycles. The predicted octanol–water partition coefficient (Wildman–Crippen LogP) is 2.06. The lowest BCUT2D eigenvalue weighted by molar-refractivity contribution is 0.145. The van der Waals surface area contributed by atoms with E-state index in [9.17, 15) is 0 Å². The lowest BCUT2D eigenvalue weighted by Gasteiger charge is -2.19. The van der Waals surface area contributed by atoms with Crippen molar-refractivity contribution < 1.29 is 4.74 Å². The van der Waals surface area contributed by atoms with Gasteiger partial charge >= 0.3 is 0 Å². The summed E-state index contributed by atoms with van der Waals surface area (Å²) >= 11 is 0. The molecular formula is C11H12O. The Bertz CT molecular complexity index is 310. The highest BCUT2D eigenvalue weighted by molar-refractivity contribution is 5.44. The zero-order valence-corrected chi connectivity index (χ0v) is 7.31. The molecule has 1 fully saturated rings. The molecule has 0 atom stereocenters. The Labute approximate surface area is 73.1 Å². The van der Waals surface area contributed by atoms with Gasteiger partial charge in [-0.25, -0.2) is 0 Å². The lowest BCUT2D eigenvalue weighted by Crippen LogP contribution is -2.12. The van der Waals surface area contributed by atoms with Gasteiger partial charge in [-0.1, -0.05) is 17.4 Å². The van der Waals surface area contributed by atoms with Crippen molar-refractivity contribution >= 4 is 0 Å². The van der Waals surface area contributed by atoms with Crippen LogP contribution in [0.2, 0.25) is 0 Å². The minimum absolute atomic E-state index is 0.779. The Morgan fingerprint density at radius 2 is 2.42 bits per heavy atom. The summed E-state index contributed by atoms with van der Waals surface area (Å²) in [5, 5.41) is 0. The minimum atomic E-state index is 0.779. The summed E-state index contributed by atoms with van der Waals surface area (Å²) in [7, 11) is 0. The van der Waals surface area contributed by atoms with Crippen LogP contribution in [0.25, 0.3) is 0 Å². The number of rotatable bonds is 0. The second-order valence-electron chi connectivity index (χ2n) is 3.23. The summed E-state index contributed by atoms with van der Waals surface area (Å²) in [6, 6.07) is 0. The Hall–Kier alpha value is -1.00. The fourth-order valence-electron chi connectivity index (χ4n) is 1.58. The van der Waals surface area contributed by atoms with E-state index in [2.05, 4.69) is 18.8 Å². The van der Waals surface area contributed by atoms with Crippen molar-refractivity contribution in [3.05, 3.63) is 22.8 Å². The maximum Gasteiger partial charge on any atom is 0.0719 e. The van der Waals surface area contributed by atoms with Gasteiger partial charge in [-0.3, -0.25) is 0 Å². The van der Waals surface area contributed by atoms with Crippen molar-refractivity contribution in [1.82, 2.24) is 0 Å². The van der Waals surface area contributed by atoms with Crippen LogP contribution in [0.1, 0.15) is 19.8 Å². The van der Waals surface area contributed by atoms with Crippen LogP contribution in [0.3, 0.4) is 0 Å². The zero-order valence-electron chi connectivity index (χ0n) is 7.31. The first-order valence-electron chi connectivity index (χ1n) is 4.32. The van der Waals surface area contributed by atoms with Gasteiger partial charge in [-0.05, 0) is 30.6 Å². The number of allylic oxidation sites excluding steroid dienone is 2. The van der Waals surface area contributed by atoms with E-state index in [4.69, 9.17) is 4.74 Å². The summed E-state index contributed by atoms with van der Waals surface area (Å²) < 4.78 is 5.41. The van der Waals surface area contributed by atoms with E-state index >= 15 is 0 Å². The van der Waals surface area contributed by atoms with E-state index in [0.29, 0.717) is 0 Å². The fraction of sp³-hybridized carbons (Fsp3) is 0.455. The number of hydrogen-bond donors (Lipinski definition) is 0. The van der Waals surface area contributed by atoms with Gasteiger partial charge in [-0.15, -0.1) is 0 Å². The predicted molar refractivity (Wildman–Crippen MR) is 48.6 cm³/mol. The van der Waals surface area contributed by atoms with Crippen LogP contribution in [0.4, 0.5) is 0 Å². The van der Waals surface area contributed by atoms with Gasteiger partial charge in [0.15, 0.2) is 0 Å². The van der Waals surface area contributed by atoms with Crippen LogP contribution >= 0.6 is 0 Å². The van der Waals surface area contributed by atoms with Crippen molar-refractivity contribution in [2.75, 3.05) is 13.2 Å². The molecule has 1 aliphatic heterocycles. The molecule has 0 aromatic rings. The first-order valence-corrected chi connectivity index (χ1v) is 4.32. The zero-order chi connectivity index (χ0) is 8.39. The van der Waals surface area contributed by atoms with E-state index in [1.165, 1.54) is 16.7 Å². The number of ether oxygens (including phenoxy) is 1. The van der Waals surface area contributed by atoms with Crippen molar-refractivity contribution in [3.8, 4) is 11.8 Å². The van der Waals surface area contributed by atoms with E-state index in [1.807, 2.05) is 6.08 Å². The molecule has 0 aromatic carbocycles. The van der Waals surface area contributed by atoms with Gasteiger partial charge in [0.1, 0.15) is 0 Å². The van der Waals surface area contributed by atoms with Crippen LogP contribution in [0, 0.1) is 11.8 Å². The lowest BCUT2D eigenvalue weighted by atomic mass is 9.97. The Balaban J connectivity index is 2.38. The van der Waals surface area contributed by atoms with Gasteiger partial charge in [0.05, 0.1) is 13.2 Å². The van der Waals surface area contributed by atoms with Crippen LogP contribution in [0.15, 0.2) is 22.8 Å². The van der Waals surface area contributed by atoms with Crippen molar-refractivity contribution in [3.63, 3.8) is 0 Å². The average molecular weight is 160 g/mol. The summed E-state index contributed by atoms with van der Waals surface area (Å²) in [6.07, 6.45) is 3.98. The molecule has 2 aliphatic rings. The van der Waals surface area contributed by atoms with Gasteiger partial charge in [0.25, 0.3) is 0 Å². The Morgan fingerprint density at radius 3 is 3.33 bits per heavy atom. The van der Waals surface area contributed by atoms with Crippen LogP contribution in [-0.2, 0) is 4.74 Å². The molecule has 0 aromatic heterocycles. The molecule has 0 amide bonds. The topological polar surface area (TPSA) is 9.23 Å². The fourth-order valence-corrected chi connectivity index (χ4v) is 1.58. The van der Waals surface area contributed by atoms with E-state index in [-0.39, 0.29) is 0 Å². The second kappa shape index (κ2) is 3.16. The van der Waals surface area contributed by atoms with E-state index in [1.54, 1.807) is 0 Å². The third-order valence-electron chi connectivity index (χ3n) is 2.37. The highest BCUT2D eigenvalue weighted by Gasteiger charge is 2.14. The summed E-state index contributed by atoms with van der Waals surface area (Å²) in [5.41, 5.74) is 4.15. The highest BCUT2D eigenvalue weighted by Crippen LogP contribution is 2.25. The van der Waals surface area contributed by atoms with Gasteiger partial charge < -0.3 is 4.74 Å². The van der Waals surface area contributed by atoms with Crippen LogP contribution in [0.5, 0.6) is 0 Å². The highest BCUT2D eigenvalue weighted by atomic mass is 16.5.